The molecule has 0 unspecified atom stereocenters. The summed E-state index contributed by atoms with van der Waals surface area (Å²) >= 11 is 11.7. The van der Waals surface area contributed by atoms with Crippen LogP contribution in [0.15, 0.2) is 170 Å². The number of benzene rings is 8. The van der Waals surface area contributed by atoms with E-state index in [-0.39, 0.29) is 72.7 Å². The Balaban J connectivity index is 0.000000146. The summed E-state index contributed by atoms with van der Waals surface area (Å²) in [6, 6.07) is 50.9. The largest absolute Gasteiger partial charge is 2.00 e. The molecule has 0 saturated carbocycles. The van der Waals surface area contributed by atoms with Gasteiger partial charge in [0.05, 0.1) is 11.9 Å². The van der Waals surface area contributed by atoms with Gasteiger partial charge in [0.25, 0.3) is 10.5 Å². The number of aromatic carboxylic acids is 2. The number of carbonyl (C=O) groups excluding carboxylic acids is 4. The van der Waals surface area contributed by atoms with Gasteiger partial charge in [-0.1, -0.05) is 146 Å². The van der Waals surface area contributed by atoms with Gasteiger partial charge in [-0.15, -0.1) is 0 Å². The van der Waals surface area contributed by atoms with Crippen LogP contribution < -0.4 is 10.2 Å². The van der Waals surface area contributed by atoms with Crippen molar-refractivity contribution < 1.29 is 46.5 Å². The molecule has 0 spiro atoms. The van der Waals surface area contributed by atoms with E-state index in [0.29, 0.717) is 102 Å². The minimum absolute atomic E-state index is 0. The molecule has 445 valence electrons. The smallest absolute Gasteiger partial charge is 0.545 e. The number of aromatic amines is 4. The van der Waals surface area contributed by atoms with Gasteiger partial charge in [0, 0.05) is 110 Å². The van der Waals surface area contributed by atoms with Crippen LogP contribution in [0.1, 0.15) is 41.4 Å². The van der Waals surface area contributed by atoms with Gasteiger partial charge in [-0.05, 0) is 47.5 Å². The van der Waals surface area contributed by atoms with Gasteiger partial charge < -0.3 is 39.7 Å². The molecule has 10 heterocycles. The van der Waals surface area contributed by atoms with E-state index in [1.807, 2.05) is 146 Å². The normalized spacial score (nSPS) is 11.7. The van der Waals surface area contributed by atoms with Gasteiger partial charge in [-0.25, -0.2) is 59.8 Å². The standard InChI is InChI=1S/2C34H17ClN8O3.Cu/c2*35-25(44)15-13-22-24(23(14-15)34(45)46)33-42-31-21-12-6-5-11-20(21)29(40-31)38-27-17-8-2-1-7-16(17)26(36-27)37-28-18-9-3-4-10-19(18)30(39-28)41-32(22)43-33;/h2*1-14H,(H,45,46)(H2,36,37,38,39,40,41,42,43);/q;;+2/p-2. The van der Waals surface area contributed by atoms with Gasteiger partial charge in [0.2, 0.25) is 0 Å². The molecule has 8 aromatic carbocycles. The number of halogens is 2. The molecule has 0 fully saturated rings. The van der Waals surface area contributed by atoms with Crippen molar-refractivity contribution >= 4 is 134 Å². The Hall–Kier alpha value is -12.1. The molecule has 4 aliphatic rings. The van der Waals surface area contributed by atoms with Crippen LogP contribution in [0, 0.1) is 0 Å². The average molecular weight is 1300 g/mol. The van der Waals surface area contributed by atoms with Crippen LogP contribution in [0.3, 0.4) is 0 Å². The number of hydrogen-bond acceptors (Lipinski definition) is 18. The van der Waals surface area contributed by atoms with Crippen molar-refractivity contribution in [1.82, 2.24) is 79.7 Å². The molecule has 14 aromatic rings. The molecular weight excluding hydrogens is 1270 g/mol. The molecule has 6 aromatic heterocycles. The monoisotopic (exact) mass is 1300 g/mol. The van der Waals surface area contributed by atoms with Gasteiger partial charge >= 0.3 is 17.1 Å². The number of carbonyl (C=O) groups is 4. The molecule has 0 aliphatic carbocycles. The number of rotatable bonds is 4. The molecule has 22 nitrogen and oxygen atoms in total. The van der Waals surface area contributed by atoms with Gasteiger partial charge in [-0.2, -0.15) is 0 Å². The molecule has 0 saturated heterocycles. The second kappa shape index (κ2) is 21.5. The molecule has 4 N–H and O–H groups in total. The van der Waals surface area contributed by atoms with Gasteiger partial charge in [-0.3, -0.25) is 9.59 Å². The van der Waals surface area contributed by atoms with E-state index in [1.54, 1.807) is 0 Å². The summed E-state index contributed by atoms with van der Waals surface area (Å²) < 4.78 is 0. The van der Waals surface area contributed by atoms with E-state index in [9.17, 15) is 29.4 Å². The van der Waals surface area contributed by atoms with Crippen LogP contribution in [0.25, 0.3) is 179 Å². The first-order valence-corrected chi connectivity index (χ1v) is 29.0. The third-order valence-corrected chi connectivity index (χ3v) is 16.6. The summed E-state index contributed by atoms with van der Waals surface area (Å²) in [5, 5.41) is 27.5. The quantitative estimate of drug-likeness (QED) is 0.0939. The summed E-state index contributed by atoms with van der Waals surface area (Å²) in [7, 11) is 0. The van der Waals surface area contributed by atoms with Crippen LogP contribution in [0.4, 0.5) is 0 Å². The fourth-order valence-electron chi connectivity index (χ4n) is 12.1. The molecular formula is C68H32Cl2CuN16O6. The Labute approximate surface area is 540 Å². The average Bonchev–Trinajstić information content (AvgIpc) is 1.62. The van der Waals surface area contributed by atoms with Crippen molar-refractivity contribution in [3.8, 4) is 91.1 Å². The number of carboxylic acid groups (broad SMARTS) is 2. The maximum atomic E-state index is 12.4. The first-order chi connectivity index (χ1) is 44.8. The Morgan fingerprint density at radius 1 is 0.280 bits per heavy atom. The minimum Gasteiger partial charge on any atom is -0.545 e. The Bertz CT molecular complexity index is 5740. The third-order valence-electron chi connectivity index (χ3n) is 16.2. The van der Waals surface area contributed by atoms with E-state index in [2.05, 4.69) is 19.9 Å². The van der Waals surface area contributed by atoms with E-state index in [1.165, 1.54) is 24.3 Å². The van der Waals surface area contributed by atoms with Crippen LogP contribution in [-0.4, -0.2) is 102 Å². The van der Waals surface area contributed by atoms with Crippen LogP contribution in [0.5, 0.6) is 0 Å². The number of aromatic nitrogens is 16. The Kier molecular flexibility index (Phi) is 13.0. The number of nitrogens with one attached hydrogen (secondary N) is 4. The first kappa shape index (κ1) is 56.1. The fourth-order valence-corrected chi connectivity index (χ4v) is 12.3. The summed E-state index contributed by atoms with van der Waals surface area (Å²) in [5.74, 6) is -0.0935. The number of fused-ring (bicyclic) bond motifs is 40. The van der Waals surface area contributed by atoms with Crippen LogP contribution >= 0.6 is 23.2 Å². The number of carboxylic acids is 2. The zero-order valence-corrected chi connectivity index (χ0v) is 49.5. The number of nitrogens with zero attached hydrogens (tertiary/aromatic N) is 12. The fraction of sp³-hybridized carbons (Fsp3) is 0. The summed E-state index contributed by atoms with van der Waals surface area (Å²) in [6.07, 6.45) is 0. The summed E-state index contributed by atoms with van der Waals surface area (Å²) in [5.41, 5.74) is 8.15. The first-order valence-electron chi connectivity index (χ1n) is 28.2. The van der Waals surface area contributed by atoms with Gasteiger partial charge in [0.15, 0.2) is 46.6 Å². The predicted octanol–water partition coefficient (Wildman–Crippen LogP) is 11.2. The molecule has 4 aliphatic heterocycles. The van der Waals surface area contributed by atoms with E-state index < -0.39 is 22.4 Å². The van der Waals surface area contributed by atoms with E-state index in [4.69, 9.17) is 83.0 Å². The van der Waals surface area contributed by atoms with E-state index >= 15 is 0 Å². The maximum Gasteiger partial charge on any atom is 2.00 e. The van der Waals surface area contributed by atoms with Crippen molar-refractivity contribution in [2.45, 2.75) is 0 Å². The Morgan fingerprint density at radius 2 is 0.484 bits per heavy atom. The van der Waals surface area contributed by atoms with Crippen molar-refractivity contribution in [3.63, 3.8) is 0 Å². The van der Waals surface area contributed by atoms with Crippen LogP contribution in [0.2, 0.25) is 0 Å². The van der Waals surface area contributed by atoms with Crippen molar-refractivity contribution in [2.75, 3.05) is 0 Å². The minimum atomic E-state index is -1.51. The molecule has 1 radical (unpaired) electrons. The zero-order chi connectivity index (χ0) is 62.2. The van der Waals surface area contributed by atoms with E-state index in [0.717, 1.165) is 43.8 Å². The second-order valence-electron chi connectivity index (χ2n) is 21.5. The molecule has 0 atom stereocenters. The van der Waals surface area contributed by atoms with Crippen molar-refractivity contribution in [1.29, 1.82) is 0 Å². The summed E-state index contributed by atoms with van der Waals surface area (Å²) in [6.45, 7) is 0. The Morgan fingerprint density at radius 3 is 0.710 bits per heavy atom. The van der Waals surface area contributed by atoms with Crippen LogP contribution in [-0.2, 0) is 17.1 Å². The molecule has 93 heavy (non-hydrogen) atoms. The van der Waals surface area contributed by atoms with Gasteiger partial charge in [0.1, 0.15) is 45.2 Å². The SMILES string of the molecule is O=C(Cl)c1cc(C(=O)[O-])c2c3nc4nc(nc5[nH]c(nc6nc(nc([nH]3)c2c1)-c1ccccc1-6)c1ccccc51)-c1ccccc1-4.O=C(Cl)c1cc(C(=O)[O-])c2c3nc4nc(nc5[nH]c(nc6nc(nc([nH]3)c2c1)-c1ccccc1-6)c1ccccc51)-c1ccccc1-4.[Cu+2]. The second-order valence-corrected chi connectivity index (χ2v) is 22.2. The molecule has 16 bridgehead atoms. The number of hydrogen-bond donors (Lipinski definition) is 4. The topological polar surface area (TPSA) is 332 Å². The zero-order valence-electron chi connectivity index (χ0n) is 47.0. The summed E-state index contributed by atoms with van der Waals surface area (Å²) in [4.78, 5) is 121. The third kappa shape index (κ3) is 9.16. The number of H-pyrrole nitrogens is 4. The maximum absolute atomic E-state index is 12.4. The molecule has 0 amide bonds. The molecule has 25 heteroatoms. The van der Waals surface area contributed by atoms with Crippen molar-refractivity contribution in [3.05, 3.63) is 192 Å². The predicted molar refractivity (Wildman–Crippen MR) is 341 cm³/mol. The van der Waals surface area contributed by atoms with Crippen molar-refractivity contribution in [2.24, 2.45) is 0 Å². The molecule has 18 rings (SSSR count).